The van der Waals surface area contributed by atoms with Crippen LogP contribution in [-0.4, -0.2) is 57.0 Å². The van der Waals surface area contributed by atoms with E-state index in [-0.39, 0.29) is 16.0 Å². The lowest BCUT2D eigenvalue weighted by molar-refractivity contribution is 0.275. The van der Waals surface area contributed by atoms with Gasteiger partial charge in [0.25, 0.3) is 0 Å². The van der Waals surface area contributed by atoms with Gasteiger partial charge in [-0.25, -0.2) is 12.8 Å². The van der Waals surface area contributed by atoms with E-state index >= 15 is 0 Å². The van der Waals surface area contributed by atoms with E-state index in [1.807, 2.05) is 19.0 Å². The second-order valence-electron chi connectivity index (χ2n) is 5.00. The molecule has 1 aromatic carbocycles. The Morgan fingerprint density at radius 1 is 1.20 bits per heavy atom. The van der Waals surface area contributed by atoms with Crippen molar-refractivity contribution in [3.8, 4) is 0 Å². The lowest BCUT2D eigenvalue weighted by atomic mass is 10.1. The van der Waals surface area contributed by atoms with Gasteiger partial charge in [-0.2, -0.15) is 4.31 Å². The molecule has 0 fully saturated rings. The maximum absolute atomic E-state index is 13.7. The average molecular weight is 304 g/mol. The van der Waals surface area contributed by atoms with Crippen molar-refractivity contribution in [1.82, 2.24) is 9.21 Å². The van der Waals surface area contributed by atoms with Gasteiger partial charge < -0.3 is 10.0 Å². The molecular weight excluding hydrogens is 283 g/mol. The number of aryl methyl sites for hydroxylation is 1. The van der Waals surface area contributed by atoms with E-state index in [1.54, 1.807) is 0 Å². The molecule has 0 saturated carbocycles. The summed E-state index contributed by atoms with van der Waals surface area (Å²) in [6, 6.07) is 2.47. The highest BCUT2D eigenvalue weighted by atomic mass is 32.2. The zero-order valence-electron chi connectivity index (χ0n) is 12.2. The minimum absolute atomic E-state index is 0.00158. The first-order chi connectivity index (χ1) is 9.20. The van der Waals surface area contributed by atoms with Crippen molar-refractivity contribution in [2.45, 2.75) is 18.4 Å². The summed E-state index contributed by atoms with van der Waals surface area (Å²) in [5, 5.41) is 9.09. The van der Waals surface area contributed by atoms with Crippen LogP contribution < -0.4 is 0 Å². The van der Waals surface area contributed by atoms with Crippen molar-refractivity contribution in [3.63, 3.8) is 0 Å². The van der Waals surface area contributed by atoms with Crippen LogP contribution in [0.3, 0.4) is 0 Å². The number of rotatable bonds is 6. The highest BCUT2D eigenvalue weighted by molar-refractivity contribution is 7.89. The smallest absolute Gasteiger partial charge is 0.242 e. The Morgan fingerprint density at radius 2 is 1.80 bits per heavy atom. The predicted octanol–water partition coefficient (Wildman–Crippen LogP) is 0.809. The number of benzene rings is 1. The van der Waals surface area contributed by atoms with Crippen LogP contribution in [-0.2, 0) is 16.6 Å². The number of aliphatic hydroxyl groups is 1. The Labute approximate surface area is 119 Å². The molecule has 0 aliphatic carbocycles. The monoisotopic (exact) mass is 304 g/mol. The van der Waals surface area contributed by atoms with Gasteiger partial charge in [0.15, 0.2) is 0 Å². The van der Waals surface area contributed by atoms with Gasteiger partial charge in [0, 0.05) is 25.7 Å². The fourth-order valence-electron chi connectivity index (χ4n) is 1.71. The predicted molar refractivity (Wildman–Crippen MR) is 75.4 cm³/mol. The molecule has 0 aliphatic rings. The highest BCUT2D eigenvalue weighted by Crippen LogP contribution is 2.21. The minimum atomic E-state index is -3.68. The number of hydrogen-bond donors (Lipinski definition) is 1. The molecule has 0 amide bonds. The zero-order valence-corrected chi connectivity index (χ0v) is 13.0. The molecule has 0 atom stereocenters. The number of aliphatic hydroxyl groups excluding tert-OH is 1. The third-order valence-electron chi connectivity index (χ3n) is 3.04. The SMILES string of the molecule is Cc1cc(S(=O)(=O)N(C)CCN(C)C)cc(CO)c1F. The first-order valence-corrected chi connectivity index (χ1v) is 7.65. The molecular formula is C13H21FN2O3S. The molecule has 1 aromatic rings. The topological polar surface area (TPSA) is 60.9 Å². The Kier molecular flexibility index (Phi) is 5.64. The highest BCUT2D eigenvalue weighted by Gasteiger charge is 2.22. The fraction of sp³-hybridized carbons (Fsp3) is 0.538. The van der Waals surface area contributed by atoms with E-state index < -0.39 is 22.4 Å². The molecule has 0 bridgehead atoms. The van der Waals surface area contributed by atoms with Crippen molar-refractivity contribution >= 4 is 10.0 Å². The summed E-state index contributed by atoms with van der Waals surface area (Å²) in [5.41, 5.74) is 0.195. The summed E-state index contributed by atoms with van der Waals surface area (Å²) in [6.07, 6.45) is 0. The van der Waals surface area contributed by atoms with Crippen molar-refractivity contribution in [1.29, 1.82) is 0 Å². The fourth-order valence-corrected chi connectivity index (χ4v) is 3.01. The maximum atomic E-state index is 13.7. The normalized spacial score (nSPS) is 12.4. The molecule has 5 nitrogen and oxygen atoms in total. The number of halogens is 1. The van der Waals surface area contributed by atoms with Crippen LogP contribution in [0.2, 0.25) is 0 Å². The van der Waals surface area contributed by atoms with Gasteiger partial charge in [-0.3, -0.25) is 0 Å². The van der Waals surface area contributed by atoms with E-state index in [0.29, 0.717) is 13.1 Å². The molecule has 114 valence electrons. The van der Waals surface area contributed by atoms with Crippen LogP contribution in [0.4, 0.5) is 4.39 Å². The van der Waals surface area contributed by atoms with E-state index in [2.05, 4.69) is 0 Å². The van der Waals surface area contributed by atoms with Crippen LogP contribution in [0.15, 0.2) is 17.0 Å². The number of sulfonamides is 1. The van der Waals surface area contributed by atoms with Crippen molar-refractivity contribution in [2.24, 2.45) is 0 Å². The van der Waals surface area contributed by atoms with Crippen LogP contribution in [0.5, 0.6) is 0 Å². The molecule has 0 radical (unpaired) electrons. The number of nitrogens with zero attached hydrogens (tertiary/aromatic N) is 2. The summed E-state index contributed by atoms with van der Waals surface area (Å²) in [5.74, 6) is -0.567. The van der Waals surface area contributed by atoms with E-state index in [0.717, 1.165) is 0 Å². The molecule has 1 N–H and O–H groups in total. The number of hydrogen-bond acceptors (Lipinski definition) is 4. The van der Waals surface area contributed by atoms with Crippen LogP contribution >= 0.6 is 0 Å². The van der Waals surface area contributed by atoms with Gasteiger partial charge >= 0.3 is 0 Å². The molecule has 0 aliphatic heterocycles. The molecule has 0 aromatic heterocycles. The summed E-state index contributed by atoms with van der Waals surface area (Å²) in [7, 11) is 1.51. The van der Waals surface area contributed by atoms with Crippen molar-refractivity contribution < 1.29 is 17.9 Å². The molecule has 0 heterocycles. The summed E-state index contributed by atoms with van der Waals surface area (Å²) < 4.78 is 39.6. The first kappa shape index (κ1) is 17.0. The molecule has 0 spiro atoms. The second-order valence-corrected chi connectivity index (χ2v) is 7.05. The third-order valence-corrected chi connectivity index (χ3v) is 4.88. The van der Waals surface area contributed by atoms with Gasteiger partial charge in [0.1, 0.15) is 5.82 Å². The van der Waals surface area contributed by atoms with Crippen LogP contribution in [0, 0.1) is 12.7 Å². The van der Waals surface area contributed by atoms with Gasteiger partial charge in [-0.05, 0) is 38.7 Å². The van der Waals surface area contributed by atoms with E-state index in [1.165, 1.54) is 30.4 Å². The first-order valence-electron chi connectivity index (χ1n) is 6.21. The lowest BCUT2D eigenvalue weighted by Crippen LogP contribution is -2.33. The maximum Gasteiger partial charge on any atom is 0.242 e. The van der Waals surface area contributed by atoms with Gasteiger partial charge in [0.05, 0.1) is 11.5 Å². The van der Waals surface area contributed by atoms with Crippen LogP contribution in [0.25, 0.3) is 0 Å². The van der Waals surface area contributed by atoms with E-state index in [4.69, 9.17) is 5.11 Å². The van der Waals surface area contributed by atoms with Gasteiger partial charge in [0.2, 0.25) is 10.0 Å². The lowest BCUT2D eigenvalue weighted by Gasteiger charge is -2.20. The molecule has 7 heteroatoms. The molecule has 20 heavy (non-hydrogen) atoms. The average Bonchev–Trinajstić information content (AvgIpc) is 2.38. The zero-order chi connectivity index (χ0) is 15.5. The summed E-state index contributed by atoms with van der Waals surface area (Å²) >= 11 is 0. The standard InChI is InChI=1S/C13H21FN2O3S/c1-10-7-12(8-11(9-17)13(10)14)20(18,19)16(4)6-5-15(2)3/h7-8,17H,5-6,9H2,1-4H3. The Hall–Kier alpha value is -1.02. The molecule has 1 rings (SSSR count). The van der Waals surface area contributed by atoms with Gasteiger partial charge in [-0.15, -0.1) is 0 Å². The van der Waals surface area contributed by atoms with E-state index in [9.17, 15) is 12.8 Å². The second kappa shape index (κ2) is 6.62. The molecule has 0 unspecified atom stereocenters. The Balaban J connectivity index is 3.12. The minimum Gasteiger partial charge on any atom is -0.392 e. The Morgan fingerprint density at radius 3 is 2.30 bits per heavy atom. The Bertz CT molecular complexity index is 573. The molecule has 0 saturated heterocycles. The third kappa shape index (κ3) is 3.76. The van der Waals surface area contributed by atoms with Gasteiger partial charge in [-0.1, -0.05) is 0 Å². The summed E-state index contributed by atoms with van der Waals surface area (Å²) in [6.45, 7) is 1.87. The van der Waals surface area contributed by atoms with Crippen LogP contribution in [0.1, 0.15) is 11.1 Å². The summed E-state index contributed by atoms with van der Waals surface area (Å²) in [4.78, 5) is 1.88. The number of likely N-dealkylation sites (N-methyl/N-ethyl adjacent to an activating group) is 2. The largest absolute Gasteiger partial charge is 0.392 e. The quantitative estimate of drug-likeness (QED) is 0.845. The van der Waals surface area contributed by atoms with Crippen molar-refractivity contribution in [3.05, 3.63) is 29.1 Å². The van der Waals surface area contributed by atoms with Crippen molar-refractivity contribution in [2.75, 3.05) is 34.2 Å².